The first-order chi connectivity index (χ1) is 8.76. The molecule has 0 atom stereocenters. The van der Waals surface area contributed by atoms with Crippen LogP contribution in [0.2, 0.25) is 0 Å². The molecule has 0 bridgehead atoms. The Balaban J connectivity index is 2.94. The van der Waals surface area contributed by atoms with E-state index >= 15 is 0 Å². The Morgan fingerprint density at radius 3 is 2.28 bits per heavy atom. The summed E-state index contributed by atoms with van der Waals surface area (Å²) in [6.45, 7) is 0. The van der Waals surface area contributed by atoms with E-state index in [-0.39, 0.29) is 0 Å². The molecule has 2 rings (SSSR count). The fraction of sp³-hybridized carbons (Fsp3) is 0.214. The lowest BCUT2D eigenvalue weighted by Gasteiger charge is -2.15. The van der Waals surface area contributed by atoms with Crippen molar-refractivity contribution in [1.29, 1.82) is 5.26 Å². The van der Waals surface area contributed by atoms with Crippen molar-refractivity contribution in [1.82, 2.24) is 0 Å². The van der Waals surface area contributed by atoms with E-state index in [4.69, 9.17) is 19.5 Å². The van der Waals surface area contributed by atoms with Gasteiger partial charge in [-0.3, -0.25) is 0 Å². The fourth-order valence-electron chi connectivity index (χ4n) is 2.01. The molecule has 0 unspecified atom stereocenters. The molecule has 0 aliphatic carbocycles. The summed E-state index contributed by atoms with van der Waals surface area (Å²) < 4.78 is 16.0. The normalized spacial score (nSPS) is 9.89. The van der Waals surface area contributed by atoms with Gasteiger partial charge in [0.25, 0.3) is 0 Å². The summed E-state index contributed by atoms with van der Waals surface area (Å²) in [5.74, 6) is 1.59. The Morgan fingerprint density at radius 2 is 1.72 bits per heavy atom. The Morgan fingerprint density at radius 1 is 1.00 bits per heavy atom. The van der Waals surface area contributed by atoms with Crippen molar-refractivity contribution < 1.29 is 14.2 Å². The van der Waals surface area contributed by atoms with E-state index in [1.54, 1.807) is 27.4 Å². The largest absolute Gasteiger partial charge is 0.493 e. The summed E-state index contributed by atoms with van der Waals surface area (Å²) in [5.41, 5.74) is 0.547. The number of hydrogen-bond acceptors (Lipinski definition) is 4. The molecule has 4 nitrogen and oxygen atoms in total. The molecule has 0 saturated heterocycles. The van der Waals surface area contributed by atoms with Crippen molar-refractivity contribution in [2.45, 2.75) is 0 Å². The van der Waals surface area contributed by atoms with Gasteiger partial charge in [0, 0.05) is 5.39 Å². The second kappa shape index (κ2) is 4.84. The van der Waals surface area contributed by atoms with Gasteiger partial charge >= 0.3 is 0 Å². The van der Waals surface area contributed by atoms with Crippen molar-refractivity contribution in [3.8, 4) is 23.3 Å². The first-order valence-corrected chi connectivity index (χ1v) is 5.38. The van der Waals surface area contributed by atoms with Crippen LogP contribution in [0.15, 0.2) is 24.3 Å². The standard InChI is InChI=1S/C14H13NO3/c1-16-11-7-9-5-4-6-10(8-15)12(9)14(18-3)13(11)17-2/h4-7H,1-3H3. The minimum atomic E-state index is 0.496. The number of rotatable bonds is 3. The Bertz CT molecular complexity index is 629. The van der Waals surface area contributed by atoms with Gasteiger partial charge in [0.2, 0.25) is 5.75 Å². The first kappa shape index (κ1) is 12.1. The average molecular weight is 243 g/mol. The van der Waals surface area contributed by atoms with Crippen LogP contribution in [0.1, 0.15) is 5.56 Å². The minimum absolute atomic E-state index is 0.496. The van der Waals surface area contributed by atoms with Crippen LogP contribution in [-0.4, -0.2) is 21.3 Å². The quantitative estimate of drug-likeness (QED) is 0.831. The van der Waals surface area contributed by atoms with Crippen LogP contribution < -0.4 is 14.2 Å². The summed E-state index contributed by atoms with van der Waals surface area (Å²) in [4.78, 5) is 0. The maximum atomic E-state index is 9.17. The Kier molecular flexibility index (Phi) is 3.24. The van der Waals surface area contributed by atoms with Crippen LogP contribution in [0.25, 0.3) is 10.8 Å². The molecule has 0 aromatic heterocycles. The van der Waals surface area contributed by atoms with Crippen LogP contribution in [0.3, 0.4) is 0 Å². The lowest BCUT2D eigenvalue weighted by Crippen LogP contribution is -1.97. The van der Waals surface area contributed by atoms with Crippen LogP contribution in [0.4, 0.5) is 0 Å². The second-order valence-electron chi connectivity index (χ2n) is 3.66. The lowest BCUT2D eigenvalue weighted by atomic mass is 10.0. The zero-order chi connectivity index (χ0) is 13.1. The molecular formula is C14H13NO3. The fourth-order valence-corrected chi connectivity index (χ4v) is 2.01. The monoisotopic (exact) mass is 243 g/mol. The topological polar surface area (TPSA) is 51.5 Å². The van der Waals surface area contributed by atoms with E-state index in [2.05, 4.69) is 6.07 Å². The maximum absolute atomic E-state index is 9.17. The van der Waals surface area contributed by atoms with Gasteiger partial charge in [-0.25, -0.2) is 0 Å². The number of nitriles is 1. The number of benzene rings is 2. The SMILES string of the molecule is COc1cc2cccc(C#N)c2c(OC)c1OC. The van der Waals surface area contributed by atoms with Crippen molar-refractivity contribution in [3.05, 3.63) is 29.8 Å². The van der Waals surface area contributed by atoms with E-state index in [1.807, 2.05) is 18.2 Å². The summed E-state index contributed by atoms with van der Waals surface area (Å²) in [7, 11) is 4.66. The first-order valence-electron chi connectivity index (χ1n) is 5.38. The van der Waals surface area contributed by atoms with E-state index in [0.717, 1.165) is 10.8 Å². The van der Waals surface area contributed by atoms with Crippen molar-refractivity contribution in [3.63, 3.8) is 0 Å². The number of ether oxygens (including phenoxy) is 3. The molecule has 4 heteroatoms. The van der Waals surface area contributed by atoms with E-state index < -0.39 is 0 Å². The van der Waals surface area contributed by atoms with Gasteiger partial charge in [-0.2, -0.15) is 5.26 Å². The predicted molar refractivity (Wildman–Crippen MR) is 68.3 cm³/mol. The third kappa shape index (κ3) is 1.70. The number of hydrogen-bond donors (Lipinski definition) is 0. The maximum Gasteiger partial charge on any atom is 0.203 e. The molecule has 0 fully saturated rings. The lowest BCUT2D eigenvalue weighted by molar-refractivity contribution is 0.327. The molecule has 0 N–H and O–H groups in total. The smallest absolute Gasteiger partial charge is 0.203 e. The summed E-state index contributed by atoms with van der Waals surface area (Å²) in [6, 6.07) is 9.46. The van der Waals surface area contributed by atoms with Gasteiger partial charge in [-0.05, 0) is 17.5 Å². The molecule has 0 spiro atoms. The summed E-state index contributed by atoms with van der Waals surface area (Å²) in [5, 5.41) is 10.8. The zero-order valence-corrected chi connectivity index (χ0v) is 10.5. The van der Waals surface area contributed by atoms with E-state index in [9.17, 15) is 0 Å². The highest BCUT2D eigenvalue weighted by Crippen LogP contribution is 2.44. The Labute approximate surface area is 105 Å². The minimum Gasteiger partial charge on any atom is -0.493 e. The molecule has 0 amide bonds. The van der Waals surface area contributed by atoms with Gasteiger partial charge in [-0.1, -0.05) is 12.1 Å². The van der Waals surface area contributed by atoms with Gasteiger partial charge in [-0.15, -0.1) is 0 Å². The van der Waals surface area contributed by atoms with Crippen LogP contribution in [0, 0.1) is 11.3 Å². The van der Waals surface area contributed by atoms with Crippen LogP contribution in [0.5, 0.6) is 17.2 Å². The summed E-state index contributed by atoms with van der Waals surface area (Å²) >= 11 is 0. The second-order valence-corrected chi connectivity index (χ2v) is 3.66. The van der Waals surface area contributed by atoms with Crippen molar-refractivity contribution in [2.24, 2.45) is 0 Å². The molecule has 0 aliphatic rings. The number of fused-ring (bicyclic) bond motifs is 1. The highest BCUT2D eigenvalue weighted by atomic mass is 16.5. The molecule has 0 aliphatic heterocycles. The molecule has 0 saturated carbocycles. The third-order valence-electron chi connectivity index (χ3n) is 2.79. The highest BCUT2D eigenvalue weighted by Gasteiger charge is 2.17. The van der Waals surface area contributed by atoms with Crippen molar-refractivity contribution >= 4 is 10.8 Å². The third-order valence-corrected chi connectivity index (χ3v) is 2.79. The highest BCUT2D eigenvalue weighted by molar-refractivity contribution is 5.97. The molecular weight excluding hydrogens is 230 g/mol. The van der Waals surface area contributed by atoms with Crippen LogP contribution in [-0.2, 0) is 0 Å². The molecule has 92 valence electrons. The Hall–Kier alpha value is -2.41. The average Bonchev–Trinajstić information content (AvgIpc) is 2.43. The van der Waals surface area contributed by atoms with Crippen molar-refractivity contribution in [2.75, 3.05) is 21.3 Å². The van der Waals surface area contributed by atoms with Gasteiger partial charge < -0.3 is 14.2 Å². The van der Waals surface area contributed by atoms with Crippen LogP contribution >= 0.6 is 0 Å². The van der Waals surface area contributed by atoms with Gasteiger partial charge in [0.05, 0.1) is 33.0 Å². The van der Waals surface area contributed by atoms with Gasteiger partial charge in [0.15, 0.2) is 11.5 Å². The van der Waals surface area contributed by atoms with Gasteiger partial charge in [0.1, 0.15) is 0 Å². The molecule has 18 heavy (non-hydrogen) atoms. The van der Waals surface area contributed by atoms with E-state index in [0.29, 0.717) is 22.8 Å². The molecule has 0 radical (unpaired) electrons. The molecule has 2 aromatic carbocycles. The predicted octanol–water partition coefficient (Wildman–Crippen LogP) is 2.74. The number of nitrogens with zero attached hydrogens (tertiary/aromatic N) is 1. The molecule has 0 heterocycles. The summed E-state index contributed by atoms with van der Waals surface area (Å²) in [6.07, 6.45) is 0. The molecule has 2 aromatic rings. The van der Waals surface area contributed by atoms with E-state index in [1.165, 1.54) is 0 Å². The zero-order valence-electron chi connectivity index (χ0n) is 10.5. The number of methoxy groups -OCH3 is 3.